The van der Waals surface area contributed by atoms with E-state index in [2.05, 4.69) is 11.8 Å². The van der Waals surface area contributed by atoms with Crippen LogP contribution in [0, 0.1) is 18.8 Å². The molecule has 1 heteroatoms. The summed E-state index contributed by atoms with van der Waals surface area (Å²) in [5.74, 6) is 5.09. The third-order valence-electron chi connectivity index (χ3n) is 1.32. The average molecular weight is 148 g/mol. The van der Waals surface area contributed by atoms with E-state index in [1.807, 2.05) is 31.2 Å². The van der Waals surface area contributed by atoms with Crippen LogP contribution in [0.2, 0.25) is 0 Å². The molecule has 1 aromatic carbocycles. The summed E-state index contributed by atoms with van der Waals surface area (Å²) in [6.45, 7) is 1.41. The zero-order chi connectivity index (χ0) is 8.10. The van der Waals surface area contributed by atoms with Crippen molar-refractivity contribution in [3.63, 3.8) is 0 Å². The van der Waals surface area contributed by atoms with Gasteiger partial charge in [0.15, 0.2) is 6.67 Å². The largest absolute Gasteiger partial charge is 0.237 e. The van der Waals surface area contributed by atoms with Crippen LogP contribution in [0.15, 0.2) is 24.3 Å². The van der Waals surface area contributed by atoms with Gasteiger partial charge in [-0.1, -0.05) is 24.0 Å². The maximum atomic E-state index is 11.6. The van der Waals surface area contributed by atoms with Crippen LogP contribution in [0.5, 0.6) is 0 Å². The van der Waals surface area contributed by atoms with E-state index in [-0.39, 0.29) is 0 Å². The second kappa shape index (κ2) is 3.78. The van der Waals surface area contributed by atoms with Crippen molar-refractivity contribution < 1.29 is 4.39 Å². The third kappa shape index (κ3) is 2.43. The highest BCUT2D eigenvalue weighted by atomic mass is 19.1. The van der Waals surface area contributed by atoms with Gasteiger partial charge in [0, 0.05) is 5.56 Å². The Labute approximate surface area is 66.1 Å². The fourth-order valence-electron chi connectivity index (χ4n) is 0.858. The Balaban J connectivity index is 2.87. The molecule has 0 radical (unpaired) electrons. The van der Waals surface area contributed by atoms with Gasteiger partial charge in [-0.25, -0.2) is 4.39 Å². The van der Waals surface area contributed by atoms with E-state index >= 15 is 0 Å². The molecule has 0 spiro atoms. The molecule has 0 bridgehead atoms. The fourth-order valence-corrected chi connectivity index (χ4v) is 0.858. The second-order valence-electron chi connectivity index (χ2n) is 2.30. The van der Waals surface area contributed by atoms with Crippen LogP contribution in [0.25, 0.3) is 0 Å². The summed E-state index contributed by atoms with van der Waals surface area (Å²) in [5, 5.41) is 0. The Morgan fingerprint density at radius 2 is 2.27 bits per heavy atom. The minimum atomic E-state index is -0.575. The number of halogens is 1. The van der Waals surface area contributed by atoms with Gasteiger partial charge in [0.05, 0.1) is 0 Å². The first-order valence-electron chi connectivity index (χ1n) is 3.44. The second-order valence-corrected chi connectivity index (χ2v) is 2.30. The normalized spacial score (nSPS) is 8.55. The van der Waals surface area contributed by atoms with Gasteiger partial charge in [0.1, 0.15) is 0 Å². The Morgan fingerprint density at radius 1 is 1.45 bits per heavy atom. The van der Waals surface area contributed by atoms with Gasteiger partial charge in [0.25, 0.3) is 0 Å². The summed E-state index contributed by atoms with van der Waals surface area (Å²) in [6.07, 6.45) is 0. The summed E-state index contributed by atoms with van der Waals surface area (Å²) in [4.78, 5) is 0. The molecule has 0 aliphatic rings. The summed E-state index contributed by atoms with van der Waals surface area (Å²) in [6, 6.07) is 7.70. The molecule has 1 aromatic rings. The highest BCUT2D eigenvalue weighted by Gasteiger charge is 1.85. The lowest BCUT2D eigenvalue weighted by atomic mass is 10.1. The third-order valence-corrected chi connectivity index (χ3v) is 1.32. The zero-order valence-electron chi connectivity index (χ0n) is 6.39. The van der Waals surface area contributed by atoms with Crippen molar-refractivity contribution >= 4 is 0 Å². The minimum Gasteiger partial charge on any atom is -0.237 e. The van der Waals surface area contributed by atoms with Crippen molar-refractivity contribution in [3.05, 3.63) is 35.4 Å². The van der Waals surface area contributed by atoms with Crippen LogP contribution < -0.4 is 0 Å². The van der Waals surface area contributed by atoms with Gasteiger partial charge < -0.3 is 0 Å². The Hall–Kier alpha value is -1.29. The maximum Gasteiger partial charge on any atom is 0.150 e. The van der Waals surface area contributed by atoms with Gasteiger partial charge in [-0.15, -0.1) is 0 Å². The van der Waals surface area contributed by atoms with E-state index in [4.69, 9.17) is 0 Å². The van der Waals surface area contributed by atoms with Gasteiger partial charge in [-0.05, 0) is 24.6 Å². The molecule has 0 N–H and O–H groups in total. The van der Waals surface area contributed by atoms with Crippen molar-refractivity contribution in [2.24, 2.45) is 0 Å². The maximum absolute atomic E-state index is 11.6. The molecule has 0 saturated heterocycles. The topological polar surface area (TPSA) is 0 Å². The summed E-state index contributed by atoms with van der Waals surface area (Å²) in [7, 11) is 0. The van der Waals surface area contributed by atoms with Crippen molar-refractivity contribution in [1.29, 1.82) is 0 Å². The smallest absolute Gasteiger partial charge is 0.150 e. The Kier molecular flexibility index (Phi) is 2.68. The zero-order valence-corrected chi connectivity index (χ0v) is 6.39. The molecule has 0 unspecified atom stereocenters. The molecule has 0 saturated carbocycles. The van der Waals surface area contributed by atoms with Crippen molar-refractivity contribution in [1.82, 2.24) is 0 Å². The van der Waals surface area contributed by atoms with Gasteiger partial charge in [-0.2, -0.15) is 0 Å². The monoisotopic (exact) mass is 148 g/mol. The number of hydrogen-bond donors (Lipinski definition) is 0. The van der Waals surface area contributed by atoms with Gasteiger partial charge in [0.2, 0.25) is 0 Å². The van der Waals surface area contributed by atoms with Crippen molar-refractivity contribution in [3.8, 4) is 11.8 Å². The quantitative estimate of drug-likeness (QED) is 0.495. The summed E-state index contributed by atoms with van der Waals surface area (Å²) < 4.78 is 11.6. The molecule has 11 heavy (non-hydrogen) atoms. The van der Waals surface area contributed by atoms with E-state index in [9.17, 15) is 4.39 Å². The molecule has 1 rings (SSSR count). The van der Waals surface area contributed by atoms with Gasteiger partial charge in [-0.3, -0.25) is 0 Å². The SMILES string of the molecule is Cc1cccc(C#CCF)c1. The molecule has 56 valence electrons. The number of aryl methyl sites for hydroxylation is 1. The molecular weight excluding hydrogens is 139 g/mol. The highest BCUT2D eigenvalue weighted by Crippen LogP contribution is 2.01. The predicted octanol–water partition coefficient (Wildman–Crippen LogP) is 2.32. The molecule has 0 aliphatic carbocycles. The number of benzene rings is 1. The first-order chi connectivity index (χ1) is 5.33. The van der Waals surface area contributed by atoms with Crippen LogP contribution in [0.1, 0.15) is 11.1 Å². The van der Waals surface area contributed by atoms with E-state index in [0.717, 1.165) is 11.1 Å². The predicted molar refractivity (Wildman–Crippen MR) is 44.0 cm³/mol. The fraction of sp³-hybridized carbons (Fsp3) is 0.200. The average Bonchev–Trinajstić information content (AvgIpc) is 2.01. The lowest BCUT2D eigenvalue weighted by Gasteiger charge is -1.91. The standard InChI is InChI=1S/C10H9F/c1-9-4-2-5-10(8-9)6-3-7-11/h2,4-5,8H,7H2,1H3. The molecule has 0 nitrogen and oxygen atoms in total. The first-order valence-corrected chi connectivity index (χ1v) is 3.44. The van der Waals surface area contributed by atoms with Gasteiger partial charge >= 0.3 is 0 Å². The minimum absolute atomic E-state index is 0.575. The molecular formula is C10H9F. The van der Waals surface area contributed by atoms with E-state index in [1.165, 1.54) is 0 Å². The number of hydrogen-bond acceptors (Lipinski definition) is 0. The van der Waals surface area contributed by atoms with Crippen LogP contribution in [0.3, 0.4) is 0 Å². The molecule has 0 aliphatic heterocycles. The first kappa shape index (κ1) is 7.81. The number of rotatable bonds is 0. The number of alkyl halides is 1. The molecule has 0 amide bonds. The Morgan fingerprint density at radius 3 is 2.91 bits per heavy atom. The van der Waals surface area contributed by atoms with E-state index < -0.39 is 6.67 Å². The van der Waals surface area contributed by atoms with Crippen LogP contribution >= 0.6 is 0 Å². The van der Waals surface area contributed by atoms with Crippen LogP contribution in [0.4, 0.5) is 4.39 Å². The molecule has 0 fully saturated rings. The molecule has 0 heterocycles. The lowest BCUT2D eigenvalue weighted by molar-refractivity contribution is 0.573. The highest BCUT2D eigenvalue weighted by molar-refractivity contribution is 5.36. The van der Waals surface area contributed by atoms with E-state index in [0.29, 0.717) is 0 Å². The van der Waals surface area contributed by atoms with Crippen molar-refractivity contribution in [2.75, 3.05) is 6.67 Å². The summed E-state index contributed by atoms with van der Waals surface area (Å²) >= 11 is 0. The van der Waals surface area contributed by atoms with Crippen LogP contribution in [-0.4, -0.2) is 6.67 Å². The van der Waals surface area contributed by atoms with E-state index in [1.54, 1.807) is 0 Å². The molecule has 0 aromatic heterocycles. The Bertz CT molecular complexity index is 291. The van der Waals surface area contributed by atoms with Crippen LogP contribution in [-0.2, 0) is 0 Å². The summed E-state index contributed by atoms with van der Waals surface area (Å²) in [5.41, 5.74) is 2.03. The van der Waals surface area contributed by atoms with Crippen molar-refractivity contribution in [2.45, 2.75) is 6.92 Å². The molecule has 0 atom stereocenters. The lowest BCUT2D eigenvalue weighted by Crippen LogP contribution is -1.76.